The Labute approximate surface area is 108 Å². The molecule has 0 saturated heterocycles. The fourth-order valence-corrected chi connectivity index (χ4v) is 1.59. The van der Waals surface area contributed by atoms with E-state index in [-0.39, 0.29) is 11.5 Å². The molecule has 4 heteroatoms. The highest BCUT2D eigenvalue weighted by Gasteiger charge is 2.41. The zero-order chi connectivity index (χ0) is 13.6. The minimum Gasteiger partial charge on any atom is -0.465 e. The first-order valence-electron chi connectivity index (χ1n) is 5.34. The largest absolute Gasteiger partial charge is 0.465 e. The van der Waals surface area contributed by atoms with Crippen LogP contribution in [-0.2, 0) is 14.3 Å². The molecule has 0 aliphatic rings. The van der Waals surface area contributed by atoms with Crippen molar-refractivity contribution in [3.63, 3.8) is 0 Å². The molecule has 0 saturated carbocycles. The second kappa shape index (κ2) is 6.45. The molecule has 0 aliphatic carbocycles. The first-order valence-corrected chi connectivity index (χ1v) is 5.74. The lowest BCUT2D eigenvalue weighted by atomic mass is 9.82. The summed E-state index contributed by atoms with van der Waals surface area (Å²) in [6.07, 6.45) is 3.11. The van der Waals surface area contributed by atoms with Crippen molar-refractivity contribution in [3.8, 4) is 0 Å². The predicted octanol–water partition coefficient (Wildman–Crippen LogP) is 2.65. The van der Waals surface area contributed by atoms with Crippen molar-refractivity contribution in [2.24, 2.45) is 5.41 Å². The Hall–Kier alpha value is -1.29. The van der Waals surface area contributed by atoms with Crippen LogP contribution in [0.3, 0.4) is 0 Å². The van der Waals surface area contributed by atoms with Gasteiger partial charge in [0, 0.05) is 0 Å². The van der Waals surface area contributed by atoms with Crippen LogP contribution in [0.25, 0.3) is 0 Å². The summed E-state index contributed by atoms with van der Waals surface area (Å²) in [6.45, 7) is 10.3. The summed E-state index contributed by atoms with van der Waals surface area (Å²) in [5.41, 5.74) is -0.634. The number of Topliss-reactive ketones (excluding diaryl/α,β-unsaturated/α-hetero) is 1. The summed E-state index contributed by atoms with van der Waals surface area (Å²) >= 11 is 4.85. The van der Waals surface area contributed by atoms with Gasteiger partial charge in [0.2, 0.25) is 0 Å². The molecule has 0 aromatic carbocycles. The molecule has 1 atom stereocenters. The Morgan fingerprint density at radius 2 is 1.94 bits per heavy atom. The van der Waals surface area contributed by atoms with Crippen LogP contribution in [0.4, 0.5) is 0 Å². The Morgan fingerprint density at radius 3 is 2.29 bits per heavy atom. The van der Waals surface area contributed by atoms with Gasteiger partial charge in [-0.05, 0) is 27.7 Å². The second-order valence-electron chi connectivity index (χ2n) is 3.90. The second-order valence-corrected chi connectivity index (χ2v) is 4.51. The normalized spacial score (nSPS) is 14.7. The first kappa shape index (κ1) is 15.7. The Balaban J connectivity index is 5.51. The maximum absolute atomic E-state index is 12.0. The zero-order valence-electron chi connectivity index (χ0n) is 10.7. The average molecular weight is 254 g/mol. The highest BCUT2D eigenvalue weighted by Crippen LogP contribution is 2.25. The lowest BCUT2D eigenvalue weighted by Crippen LogP contribution is -2.39. The smallest absolute Gasteiger partial charge is 0.323 e. The highest BCUT2D eigenvalue weighted by molar-refractivity contribution is 7.82. The molecule has 0 aromatic heterocycles. The van der Waals surface area contributed by atoms with Gasteiger partial charge < -0.3 is 4.74 Å². The predicted molar refractivity (Wildman–Crippen MR) is 72.0 cm³/mol. The van der Waals surface area contributed by atoms with Gasteiger partial charge in [0.1, 0.15) is 5.41 Å². The van der Waals surface area contributed by atoms with Crippen molar-refractivity contribution in [1.82, 2.24) is 0 Å². The number of ether oxygens (including phenoxy) is 1. The number of hydrogen-bond donors (Lipinski definition) is 0. The van der Waals surface area contributed by atoms with E-state index >= 15 is 0 Å². The number of carbonyl (C=O) groups excluding carboxylic acids is 2. The zero-order valence-corrected chi connectivity index (χ0v) is 11.5. The van der Waals surface area contributed by atoms with Gasteiger partial charge in [-0.15, -0.1) is 0 Å². The molecule has 0 rings (SSSR count). The number of thiocarbonyl (C=S) groups is 1. The number of carbonyl (C=O) groups is 2. The van der Waals surface area contributed by atoms with Crippen molar-refractivity contribution in [2.75, 3.05) is 6.61 Å². The molecule has 0 aromatic rings. The topological polar surface area (TPSA) is 43.4 Å². The summed E-state index contributed by atoms with van der Waals surface area (Å²) in [5.74, 6) is -0.998. The molecule has 0 fully saturated rings. The summed E-state index contributed by atoms with van der Waals surface area (Å²) in [5, 5.41) is 0. The Morgan fingerprint density at radius 1 is 1.41 bits per heavy atom. The molecular weight excluding hydrogens is 236 g/mol. The van der Waals surface area contributed by atoms with Gasteiger partial charge in [-0.2, -0.15) is 0 Å². The molecule has 17 heavy (non-hydrogen) atoms. The minimum atomic E-state index is -1.36. The number of hydrogen-bond acceptors (Lipinski definition) is 4. The van der Waals surface area contributed by atoms with Crippen LogP contribution in [0.5, 0.6) is 0 Å². The van der Waals surface area contributed by atoms with Gasteiger partial charge in [-0.3, -0.25) is 9.59 Å². The van der Waals surface area contributed by atoms with Crippen LogP contribution in [0.15, 0.2) is 24.3 Å². The fraction of sp³-hybridized carbons (Fsp3) is 0.462. The van der Waals surface area contributed by atoms with Crippen molar-refractivity contribution in [1.29, 1.82) is 0 Å². The third-order valence-corrected chi connectivity index (χ3v) is 2.51. The van der Waals surface area contributed by atoms with E-state index in [4.69, 9.17) is 17.0 Å². The Bertz CT molecular complexity index is 382. The molecule has 1 unspecified atom stereocenters. The van der Waals surface area contributed by atoms with E-state index in [1.54, 1.807) is 19.9 Å². The molecule has 0 amide bonds. The van der Waals surface area contributed by atoms with E-state index in [0.29, 0.717) is 0 Å². The van der Waals surface area contributed by atoms with Crippen molar-refractivity contribution in [3.05, 3.63) is 24.3 Å². The molecule has 0 N–H and O–H groups in total. The van der Waals surface area contributed by atoms with E-state index in [1.807, 2.05) is 0 Å². The molecule has 0 bridgehead atoms. The van der Waals surface area contributed by atoms with E-state index in [1.165, 1.54) is 19.9 Å². The highest BCUT2D eigenvalue weighted by atomic mass is 32.1. The van der Waals surface area contributed by atoms with Crippen LogP contribution in [-0.4, -0.2) is 23.2 Å². The minimum absolute atomic E-state index is 0.161. The maximum atomic E-state index is 12.0. The maximum Gasteiger partial charge on any atom is 0.323 e. The average Bonchev–Trinajstić information content (AvgIpc) is 2.27. The third-order valence-electron chi connectivity index (χ3n) is 2.33. The molecule has 0 aliphatic heterocycles. The quantitative estimate of drug-likeness (QED) is 0.316. The summed E-state index contributed by atoms with van der Waals surface area (Å²) in [7, 11) is 0. The van der Waals surface area contributed by atoms with Crippen molar-refractivity contribution >= 4 is 28.8 Å². The first-order chi connectivity index (χ1) is 7.79. The lowest BCUT2D eigenvalue weighted by molar-refractivity contribution is -0.154. The molecule has 0 spiro atoms. The number of ketones is 1. The van der Waals surface area contributed by atoms with Crippen molar-refractivity contribution < 1.29 is 14.3 Å². The van der Waals surface area contributed by atoms with E-state index in [9.17, 15) is 9.59 Å². The third kappa shape index (κ3) is 3.89. The van der Waals surface area contributed by atoms with E-state index in [0.717, 1.165) is 5.57 Å². The fourth-order valence-electron chi connectivity index (χ4n) is 1.38. The number of esters is 1. The van der Waals surface area contributed by atoms with Gasteiger partial charge in [0.25, 0.3) is 0 Å². The summed E-state index contributed by atoms with van der Waals surface area (Å²) < 4.78 is 4.93. The number of rotatable bonds is 6. The van der Waals surface area contributed by atoms with Gasteiger partial charge in [-0.25, -0.2) is 0 Å². The SMILES string of the molecule is C=CC(C)=CC(C)(C(=O)OCC)C(=O)C(C)=S. The van der Waals surface area contributed by atoms with Crippen LogP contribution < -0.4 is 0 Å². The summed E-state index contributed by atoms with van der Waals surface area (Å²) in [4.78, 5) is 24.1. The van der Waals surface area contributed by atoms with E-state index in [2.05, 4.69) is 6.58 Å². The van der Waals surface area contributed by atoms with Crippen LogP contribution >= 0.6 is 12.2 Å². The molecule has 0 radical (unpaired) electrons. The van der Waals surface area contributed by atoms with E-state index < -0.39 is 17.2 Å². The van der Waals surface area contributed by atoms with Gasteiger partial charge in [0.05, 0.1) is 11.5 Å². The molecule has 94 valence electrons. The molecule has 3 nitrogen and oxygen atoms in total. The molecular formula is C13H18O3S. The van der Waals surface area contributed by atoms with Gasteiger partial charge >= 0.3 is 5.97 Å². The van der Waals surface area contributed by atoms with Crippen LogP contribution in [0.1, 0.15) is 27.7 Å². The van der Waals surface area contributed by atoms with Gasteiger partial charge in [-0.1, -0.05) is 36.5 Å². The molecule has 0 heterocycles. The van der Waals surface area contributed by atoms with Gasteiger partial charge in [0.15, 0.2) is 5.78 Å². The van der Waals surface area contributed by atoms with Crippen LogP contribution in [0, 0.1) is 5.41 Å². The summed E-state index contributed by atoms with van der Waals surface area (Å²) in [6, 6.07) is 0. The van der Waals surface area contributed by atoms with Crippen LogP contribution in [0.2, 0.25) is 0 Å². The lowest BCUT2D eigenvalue weighted by Gasteiger charge is -2.22. The Kier molecular flexibility index (Phi) is 5.96. The van der Waals surface area contributed by atoms with Crippen molar-refractivity contribution in [2.45, 2.75) is 27.7 Å². The monoisotopic (exact) mass is 254 g/mol. The standard InChI is InChI=1S/C13H18O3S/c1-6-9(3)8-13(5,11(14)10(4)17)12(15)16-7-2/h6,8H,1,7H2,2-5H3. The number of allylic oxidation sites excluding steroid dienone is 2.